The maximum absolute atomic E-state index is 13.7. The molecule has 1 aliphatic heterocycles. The summed E-state index contributed by atoms with van der Waals surface area (Å²) in [5, 5.41) is -1.55. The van der Waals surface area contributed by atoms with E-state index in [1.54, 1.807) is 4.90 Å². The summed E-state index contributed by atoms with van der Waals surface area (Å²) in [6.07, 6.45) is 1.32. The van der Waals surface area contributed by atoms with Crippen LogP contribution < -0.4 is 0 Å². The second kappa shape index (κ2) is 4.92. The van der Waals surface area contributed by atoms with E-state index in [4.69, 9.17) is 16.3 Å². The van der Waals surface area contributed by atoms with Crippen LogP contribution in [0.5, 0.6) is 0 Å². The predicted molar refractivity (Wildman–Crippen MR) is 74.2 cm³/mol. The Bertz CT molecular complexity index is 498. The van der Waals surface area contributed by atoms with Crippen LogP contribution in [0.1, 0.15) is 24.8 Å². The van der Waals surface area contributed by atoms with E-state index in [1.165, 1.54) is 0 Å². The highest BCUT2D eigenvalue weighted by molar-refractivity contribution is 6.25. The van der Waals surface area contributed by atoms with Gasteiger partial charge in [0.15, 0.2) is 5.13 Å². The van der Waals surface area contributed by atoms with Crippen molar-refractivity contribution in [3.63, 3.8) is 0 Å². The Balaban J connectivity index is 1.48. The first-order valence-electron chi connectivity index (χ1n) is 6.86. The Morgan fingerprint density at radius 1 is 1.30 bits per heavy atom. The molecule has 3 nitrogen and oxygen atoms in total. The van der Waals surface area contributed by atoms with E-state index in [9.17, 15) is 9.18 Å². The van der Waals surface area contributed by atoms with Gasteiger partial charge in [0.05, 0.1) is 0 Å². The van der Waals surface area contributed by atoms with E-state index in [0.717, 1.165) is 5.56 Å². The van der Waals surface area contributed by atoms with Crippen LogP contribution in [0.3, 0.4) is 0 Å². The molecule has 0 bridgehead atoms. The second-order valence-electron chi connectivity index (χ2n) is 5.69. The number of benzene rings is 1. The minimum absolute atomic E-state index is 0.268. The standard InChI is InChI=1S/C15H17ClFNO2/c16-15(17)11-14(15)6-8-18(9-7-14)13(19)20-10-12-4-2-1-3-5-12/h1-5H,6-11H2. The Hall–Kier alpha value is -1.29. The number of rotatable bonds is 2. The van der Waals surface area contributed by atoms with Crippen LogP contribution in [0.2, 0.25) is 0 Å². The molecule has 2 aliphatic rings. The third-order valence-electron chi connectivity index (χ3n) is 4.40. The quantitative estimate of drug-likeness (QED) is 0.779. The van der Waals surface area contributed by atoms with Crippen LogP contribution in [0.4, 0.5) is 9.18 Å². The molecule has 2 fully saturated rings. The first kappa shape index (κ1) is 13.7. The second-order valence-corrected chi connectivity index (χ2v) is 6.29. The van der Waals surface area contributed by atoms with E-state index in [0.29, 0.717) is 32.4 Å². The smallest absolute Gasteiger partial charge is 0.410 e. The maximum atomic E-state index is 13.7. The fourth-order valence-electron chi connectivity index (χ4n) is 2.85. The Kier molecular flexibility index (Phi) is 3.36. The molecule has 20 heavy (non-hydrogen) atoms. The monoisotopic (exact) mass is 297 g/mol. The summed E-state index contributed by atoms with van der Waals surface area (Å²) in [4.78, 5) is 13.6. The molecule has 0 N–H and O–H groups in total. The fraction of sp³-hybridized carbons (Fsp3) is 0.533. The number of hydrogen-bond donors (Lipinski definition) is 0. The minimum Gasteiger partial charge on any atom is -0.445 e. The number of alkyl halides is 2. The maximum Gasteiger partial charge on any atom is 0.410 e. The largest absolute Gasteiger partial charge is 0.445 e. The summed E-state index contributed by atoms with van der Waals surface area (Å²) in [7, 11) is 0. The molecule has 1 saturated heterocycles. The Labute approximate surface area is 122 Å². The highest BCUT2D eigenvalue weighted by Gasteiger charge is 2.68. The van der Waals surface area contributed by atoms with Crippen LogP contribution in [-0.4, -0.2) is 29.2 Å². The average molecular weight is 298 g/mol. The van der Waals surface area contributed by atoms with E-state index >= 15 is 0 Å². The summed E-state index contributed by atoms with van der Waals surface area (Å²) in [5.74, 6) is 0. The molecule has 1 saturated carbocycles. The zero-order valence-corrected chi connectivity index (χ0v) is 11.9. The van der Waals surface area contributed by atoms with Gasteiger partial charge in [-0.3, -0.25) is 0 Å². The molecule has 1 aromatic rings. The molecule has 3 rings (SSSR count). The van der Waals surface area contributed by atoms with Gasteiger partial charge < -0.3 is 9.64 Å². The van der Waals surface area contributed by atoms with Crippen LogP contribution >= 0.6 is 11.6 Å². The lowest BCUT2D eigenvalue weighted by molar-refractivity contribution is 0.0749. The normalized spacial score (nSPS) is 27.4. The highest BCUT2D eigenvalue weighted by Crippen LogP contribution is 2.67. The molecule has 0 aromatic heterocycles. The Morgan fingerprint density at radius 3 is 2.45 bits per heavy atom. The first-order valence-corrected chi connectivity index (χ1v) is 7.24. The summed E-state index contributed by atoms with van der Waals surface area (Å²) < 4.78 is 18.9. The van der Waals surface area contributed by atoms with Gasteiger partial charge in [-0.25, -0.2) is 9.18 Å². The number of carbonyl (C=O) groups excluding carboxylic acids is 1. The van der Waals surface area contributed by atoms with Gasteiger partial charge in [-0.05, 0) is 18.4 Å². The molecule has 1 atom stereocenters. The van der Waals surface area contributed by atoms with Crippen molar-refractivity contribution in [3.8, 4) is 0 Å². The third kappa shape index (κ3) is 2.49. The van der Waals surface area contributed by atoms with Gasteiger partial charge in [0.1, 0.15) is 6.61 Å². The van der Waals surface area contributed by atoms with Gasteiger partial charge in [0.25, 0.3) is 0 Å². The zero-order valence-electron chi connectivity index (χ0n) is 11.1. The van der Waals surface area contributed by atoms with Crippen LogP contribution in [0, 0.1) is 5.41 Å². The summed E-state index contributed by atoms with van der Waals surface area (Å²) >= 11 is 5.74. The molecule has 5 heteroatoms. The summed E-state index contributed by atoms with van der Waals surface area (Å²) in [5.41, 5.74) is 0.560. The Morgan fingerprint density at radius 2 is 1.90 bits per heavy atom. The summed E-state index contributed by atoms with van der Waals surface area (Å²) in [6, 6.07) is 9.55. The molecule has 1 amide bonds. The lowest BCUT2D eigenvalue weighted by atomic mass is 9.93. The van der Waals surface area contributed by atoms with Gasteiger partial charge in [0, 0.05) is 24.9 Å². The van der Waals surface area contributed by atoms with E-state index in [2.05, 4.69) is 0 Å². The molecule has 1 aromatic carbocycles. The number of ether oxygens (including phenoxy) is 1. The number of halogens is 2. The van der Waals surface area contributed by atoms with E-state index < -0.39 is 10.5 Å². The average Bonchev–Trinajstić information content (AvgIpc) is 2.98. The lowest BCUT2D eigenvalue weighted by Gasteiger charge is -2.31. The predicted octanol–water partition coefficient (Wildman–Crippen LogP) is 3.71. The van der Waals surface area contributed by atoms with Crippen molar-refractivity contribution in [2.24, 2.45) is 5.41 Å². The molecule has 1 spiro atoms. The first-order chi connectivity index (χ1) is 9.52. The van der Waals surface area contributed by atoms with Gasteiger partial charge in [-0.15, -0.1) is 0 Å². The van der Waals surface area contributed by atoms with Crippen molar-refractivity contribution in [3.05, 3.63) is 35.9 Å². The minimum atomic E-state index is -1.55. The third-order valence-corrected chi connectivity index (χ3v) is 4.93. The topological polar surface area (TPSA) is 29.5 Å². The number of piperidine rings is 1. The van der Waals surface area contributed by atoms with E-state index in [1.807, 2.05) is 30.3 Å². The number of hydrogen-bond acceptors (Lipinski definition) is 2. The number of likely N-dealkylation sites (tertiary alicyclic amines) is 1. The lowest BCUT2D eigenvalue weighted by Crippen LogP contribution is -2.40. The number of nitrogens with zero attached hydrogens (tertiary/aromatic N) is 1. The van der Waals surface area contributed by atoms with Crippen molar-refractivity contribution in [1.29, 1.82) is 0 Å². The number of carbonyl (C=O) groups is 1. The number of amides is 1. The molecule has 1 heterocycles. The molecular formula is C15H17ClFNO2. The summed E-state index contributed by atoms with van der Waals surface area (Å²) in [6.45, 7) is 1.31. The molecular weight excluding hydrogens is 281 g/mol. The zero-order chi connectivity index (χ0) is 14.2. The SMILES string of the molecule is O=C(OCc1ccccc1)N1CCC2(CC1)CC2(F)Cl. The van der Waals surface area contributed by atoms with Crippen LogP contribution in [0.25, 0.3) is 0 Å². The van der Waals surface area contributed by atoms with Crippen molar-refractivity contribution < 1.29 is 13.9 Å². The highest BCUT2D eigenvalue weighted by atomic mass is 35.5. The molecule has 0 radical (unpaired) electrons. The van der Waals surface area contributed by atoms with Gasteiger partial charge in [-0.1, -0.05) is 41.9 Å². The van der Waals surface area contributed by atoms with Crippen molar-refractivity contribution >= 4 is 17.7 Å². The van der Waals surface area contributed by atoms with E-state index in [-0.39, 0.29) is 12.7 Å². The molecule has 1 aliphatic carbocycles. The van der Waals surface area contributed by atoms with Gasteiger partial charge in [-0.2, -0.15) is 0 Å². The molecule has 1 unspecified atom stereocenters. The van der Waals surface area contributed by atoms with Crippen molar-refractivity contribution in [2.75, 3.05) is 13.1 Å². The van der Waals surface area contributed by atoms with Gasteiger partial charge >= 0.3 is 6.09 Å². The van der Waals surface area contributed by atoms with Crippen LogP contribution in [-0.2, 0) is 11.3 Å². The molecule has 108 valence electrons. The van der Waals surface area contributed by atoms with Gasteiger partial charge in [0.2, 0.25) is 0 Å². The van der Waals surface area contributed by atoms with Crippen molar-refractivity contribution in [2.45, 2.75) is 31.0 Å². The van der Waals surface area contributed by atoms with Crippen molar-refractivity contribution in [1.82, 2.24) is 4.90 Å². The van der Waals surface area contributed by atoms with Crippen LogP contribution in [0.15, 0.2) is 30.3 Å². The fourth-order valence-corrected chi connectivity index (χ4v) is 3.30.